The van der Waals surface area contributed by atoms with Gasteiger partial charge in [-0.25, -0.2) is 0 Å². The molecule has 0 fully saturated rings. The normalized spacial score (nSPS) is 13.1. The number of hydrogen-bond acceptors (Lipinski definition) is 3. The number of amides is 1. The summed E-state index contributed by atoms with van der Waals surface area (Å²) in [5.74, 6) is -0.157. The van der Waals surface area contributed by atoms with Crippen LogP contribution >= 0.6 is 7.14 Å². The van der Waals surface area contributed by atoms with Gasteiger partial charge >= 0.3 is 0 Å². The maximum absolute atomic E-state index is 14.4. The molecule has 0 aromatic heterocycles. The fraction of sp³-hybridized carbons (Fsp3) is 0.138. The van der Waals surface area contributed by atoms with E-state index in [2.05, 4.69) is 10.6 Å². The van der Waals surface area contributed by atoms with Crippen LogP contribution in [0.25, 0.3) is 0 Å². The third-order valence-corrected chi connectivity index (χ3v) is 8.81. The second-order valence-corrected chi connectivity index (χ2v) is 11.1. The number of rotatable bonds is 9. The van der Waals surface area contributed by atoms with Crippen molar-refractivity contribution in [2.24, 2.45) is 0 Å². The monoisotopic (exact) mass is 468 g/mol. The van der Waals surface area contributed by atoms with Crippen LogP contribution in [0.2, 0.25) is 0 Å². The van der Waals surface area contributed by atoms with Crippen molar-refractivity contribution in [3.63, 3.8) is 0 Å². The fourth-order valence-electron chi connectivity index (χ4n) is 4.02. The lowest BCUT2D eigenvalue weighted by molar-refractivity contribution is -0.123. The SMILES string of the molecule is C[C@@H](NC(=O)[C@H](NCP(=O)(c1ccccc1)c1ccccc1)c1ccccc1)c1ccccc1. The highest BCUT2D eigenvalue weighted by Crippen LogP contribution is 2.42. The number of benzene rings is 4. The molecule has 2 atom stereocenters. The van der Waals surface area contributed by atoms with Gasteiger partial charge in [-0.3, -0.25) is 10.1 Å². The molecule has 0 aliphatic rings. The average Bonchev–Trinajstić information content (AvgIpc) is 2.90. The van der Waals surface area contributed by atoms with Gasteiger partial charge < -0.3 is 9.88 Å². The smallest absolute Gasteiger partial charge is 0.242 e. The minimum absolute atomic E-state index is 0.156. The molecule has 2 N–H and O–H groups in total. The topological polar surface area (TPSA) is 58.2 Å². The van der Waals surface area contributed by atoms with E-state index in [1.807, 2.05) is 128 Å². The van der Waals surface area contributed by atoms with Gasteiger partial charge in [-0.1, -0.05) is 121 Å². The van der Waals surface area contributed by atoms with Crippen LogP contribution in [0.4, 0.5) is 0 Å². The zero-order valence-electron chi connectivity index (χ0n) is 19.2. The van der Waals surface area contributed by atoms with Gasteiger partial charge in [0.1, 0.15) is 6.04 Å². The molecular weight excluding hydrogens is 439 g/mol. The van der Waals surface area contributed by atoms with Gasteiger partial charge in [0, 0.05) is 10.6 Å². The van der Waals surface area contributed by atoms with Crippen LogP contribution in [0, 0.1) is 0 Å². The van der Waals surface area contributed by atoms with E-state index in [0.717, 1.165) is 21.7 Å². The molecule has 34 heavy (non-hydrogen) atoms. The molecule has 1 amide bonds. The number of carbonyl (C=O) groups excluding carboxylic acids is 1. The van der Waals surface area contributed by atoms with E-state index in [1.165, 1.54) is 0 Å². The summed E-state index contributed by atoms with van der Waals surface area (Å²) in [6.07, 6.45) is 0.160. The molecule has 172 valence electrons. The second-order valence-electron chi connectivity index (χ2n) is 8.26. The minimum atomic E-state index is -3.02. The molecule has 0 unspecified atom stereocenters. The van der Waals surface area contributed by atoms with Crippen LogP contribution in [0.3, 0.4) is 0 Å². The average molecular weight is 469 g/mol. The molecule has 4 aromatic carbocycles. The molecule has 0 aliphatic carbocycles. The number of hydrogen-bond donors (Lipinski definition) is 2. The maximum atomic E-state index is 14.4. The van der Waals surface area contributed by atoms with E-state index in [9.17, 15) is 9.36 Å². The summed E-state index contributed by atoms with van der Waals surface area (Å²) in [5.41, 5.74) is 1.86. The summed E-state index contributed by atoms with van der Waals surface area (Å²) in [4.78, 5) is 13.5. The Morgan fingerprint density at radius 2 is 1.09 bits per heavy atom. The Balaban J connectivity index is 1.62. The molecule has 4 rings (SSSR count). The first kappa shape index (κ1) is 23.7. The highest BCUT2D eigenvalue weighted by molar-refractivity contribution is 7.78. The molecule has 4 aromatic rings. The van der Waals surface area contributed by atoms with E-state index < -0.39 is 13.2 Å². The number of nitrogens with one attached hydrogen (secondary N) is 2. The van der Waals surface area contributed by atoms with Gasteiger partial charge in [0.25, 0.3) is 0 Å². The Kier molecular flexibility index (Phi) is 7.74. The van der Waals surface area contributed by atoms with Crippen molar-refractivity contribution in [3.05, 3.63) is 132 Å². The quantitative estimate of drug-likeness (QED) is 0.334. The van der Waals surface area contributed by atoms with Crippen molar-refractivity contribution in [1.29, 1.82) is 0 Å². The second kappa shape index (κ2) is 11.1. The zero-order chi connectivity index (χ0) is 23.8. The highest BCUT2D eigenvalue weighted by Gasteiger charge is 2.30. The van der Waals surface area contributed by atoms with Crippen LogP contribution in [-0.2, 0) is 9.36 Å². The third-order valence-electron chi connectivity index (χ3n) is 5.92. The first-order valence-electron chi connectivity index (χ1n) is 11.4. The Hall–Kier alpha value is -3.46. The van der Waals surface area contributed by atoms with E-state index in [-0.39, 0.29) is 18.2 Å². The van der Waals surface area contributed by atoms with Gasteiger partial charge in [-0.2, -0.15) is 0 Å². The predicted octanol–water partition coefficient (Wildman–Crippen LogP) is 5.17. The molecule has 0 bridgehead atoms. The molecule has 0 saturated heterocycles. The third kappa shape index (κ3) is 5.53. The lowest BCUT2D eigenvalue weighted by Gasteiger charge is -2.25. The summed E-state index contributed by atoms with van der Waals surface area (Å²) in [7, 11) is -3.02. The lowest BCUT2D eigenvalue weighted by atomic mass is 10.0. The van der Waals surface area contributed by atoms with Crippen LogP contribution in [0.1, 0.15) is 30.1 Å². The number of carbonyl (C=O) groups is 1. The van der Waals surface area contributed by atoms with Crippen molar-refractivity contribution in [2.75, 3.05) is 6.29 Å². The summed E-state index contributed by atoms with van der Waals surface area (Å²) in [6.45, 7) is 1.97. The summed E-state index contributed by atoms with van der Waals surface area (Å²) in [5, 5.41) is 8.00. The van der Waals surface area contributed by atoms with Gasteiger partial charge in [0.2, 0.25) is 5.91 Å². The lowest BCUT2D eigenvalue weighted by Crippen LogP contribution is -2.40. The van der Waals surface area contributed by atoms with Crippen LogP contribution in [-0.4, -0.2) is 12.2 Å². The highest BCUT2D eigenvalue weighted by atomic mass is 31.2. The molecular formula is C29H29N2O2P. The van der Waals surface area contributed by atoms with E-state index in [1.54, 1.807) is 0 Å². The van der Waals surface area contributed by atoms with Crippen molar-refractivity contribution in [3.8, 4) is 0 Å². The van der Waals surface area contributed by atoms with Crippen molar-refractivity contribution in [2.45, 2.75) is 19.0 Å². The van der Waals surface area contributed by atoms with Crippen molar-refractivity contribution < 1.29 is 9.36 Å². The van der Waals surface area contributed by atoms with Crippen molar-refractivity contribution >= 4 is 23.7 Å². The van der Waals surface area contributed by atoms with Gasteiger partial charge in [-0.15, -0.1) is 0 Å². The molecule has 0 spiro atoms. The molecule has 0 aliphatic heterocycles. The van der Waals surface area contributed by atoms with Crippen LogP contribution in [0.15, 0.2) is 121 Å². The summed E-state index contributed by atoms with van der Waals surface area (Å²) in [6, 6.07) is 37.6. The molecule has 0 saturated carbocycles. The van der Waals surface area contributed by atoms with E-state index >= 15 is 0 Å². The van der Waals surface area contributed by atoms with Crippen molar-refractivity contribution in [1.82, 2.24) is 10.6 Å². The van der Waals surface area contributed by atoms with Gasteiger partial charge in [0.15, 0.2) is 7.14 Å². The molecule has 5 heteroatoms. The Morgan fingerprint density at radius 1 is 0.676 bits per heavy atom. The largest absolute Gasteiger partial charge is 0.348 e. The first-order valence-corrected chi connectivity index (χ1v) is 13.3. The first-order chi connectivity index (χ1) is 16.6. The maximum Gasteiger partial charge on any atom is 0.242 e. The Morgan fingerprint density at radius 3 is 1.56 bits per heavy atom. The minimum Gasteiger partial charge on any atom is -0.348 e. The van der Waals surface area contributed by atoms with E-state index in [4.69, 9.17) is 0 Å². The van der Waals surface area contributed by atoms with Crippen LogP contribution in [0.5, 0.6) is 0 Å². The molecule has 4 nitrogen and oxygen atoms in total. The molecule has 0 radical (unpaired) electrons. The predicted molar refractivity (Wildman–Crippen MR) is 140 cm³/mol. The zero-order valence-corrected chi connectivity index (χ0v) is 20.1. The van der Waals surface area contributed by atoms with Crippen LogP contribution < -0.4 is 21.2 Å². The fourth-order valence-corrected chi connectivity index (χ4v) is 6.43. The summed E-state index contributed by atoms with van der Waals surface area (Å²) >= 11 is 0. The van der Waals surface area contributed by atoms with Gasteiger partial charge in [-0.05, 0) is 18.1 Å². The van der Waals surface area contributed by atoms with E-state index in [0.29, 0.717) is 0 Å². The standard InChI is InChI=1S/C29H29N2O2P/c1-23(24-14-6-2-7-15-24)31-29(32)28(25-16-8-3-9-17-25)30-22-34(33,26-18-10-4-11-19-26)27-20-12-5-13-21-27/h2-21,23,28,30H,22H2,1H3,(H,31,32)/t23-,28-/m1/s1. The van der Waals surface area contributed by atoms with Gasteiger partial charge in [0.05, 0.1) is 12.3 Å². The Labute approximate surface area is 201 Å². The molecule has 0 heterocycles. The Bertz CT molecular complexity index is 1190. The summed E-state index contributed by atoms with van der Waals surface area (Å²) < 4.78 is 14.4.